The van der Waals surface area contributed by atoms with Gasteiger partial charge in [0.2, 0.25) is 20.0 Å². The molecular formula is C20H28N6O4S2. The van der Waals surface area contributed by atoms with E-state index in [0.717, 1.165) is 12.8 Å². The molecule has 0 heterocycles. The summed E-state index contributed by atoms with van der Waals surface area (Å²) in [6.45, 7) is 0.538. The Morgan fingerprint density at radius 1 is 0.625 bits per heavy atom. The average molecular weight is 481 g/mol. The van der Waals surface area contributed by atoms with Crippen molar-refractivity contribution >= 4 is 31.7 Å². The van der Waals surface area contributed by atoms with Crippen LogP contribution in [0.3, 0.4) is 0 Å². The number of sulfonamides is 2. The summed E-state index contributed by atoms with van der Waals surface area (Å²) in [5.41, 5.74) is 11.6. The standard InChI is InChI=1S/C20H28N6O4S2/c21-19(22)15-5-9-17(10-6-15)31(27,28)25-13-3-1-2-4-14-26-32(29,30)18-11-7-16(8-12-18)20(23)24/h5-12,25-26H,1-4,13-14H2,(H3,21,22)(H3,23,24). The van der Waals surface area contributed by atoms with E-state index in [1.165, 1.54) is 48.5 Å². The number of nitrogens with two attached hydrogens (primary N) is 2. The Labute approximate surface area is 188 Å². The maximum Gasteiger partial charge on any atom is 0.240 e. The molecule has 0 fully saturated rings. The van der Waals surface area contributed by atoms with E-state index >= 15 is 0 Å². The molecule has 174 valence electrons. The Bertz CT molecular complexity index is 1050. The SMILES string of the molecule is N=C(N)c1ccc(S(=O)(=O)NCCCCCCNS(=O)(=O)c2ccc(C(=N)N)cc2)cc1. The van der Waals surface area contributed by atoms with Gasteiger partial charge in [-0.1, -0.05) is 12.8 Å². The summed E-state index contributed by atoms with van der Waals surface area (Å²) in [6.07, 6.45) is 2.70. The van der Waals surface area contributed by atoms with Crippen LogP contribution >= 0.6 is 0 Å². The molecule has 0 aliphatic rings. The molecule has 0 bridgehead atoms. The van der Waals surface area contributed by atoms with Gasteiger partial charge < -0.3 is 11.5 Å². The van der Waals surface area contributed by atoms with Crippen LogP contribution in [0, 0.1) is 10.8 Å². The molecule has 0 aromatic heterocycles. The molecule has 0 radical (unpaired) electrons. The summed E-state index contributed by atoms with van der Waals surface area (Å²) in [5, 5.41) is 14.7. The van der Waals surface area contributed by atoms with Gasteiger partial charge in [0.1, 0.15) is 11.7 Å². The van der Waals surface area contributed by atoms with Gasteiger partial charge >= 0.3 is 0 Å². The van der Waals surface area contributed by atoms with Crippen molar-refractivity contribution in [3.05, 3.63) is 59.7 Å². The number of hydrogen-bond donors (Lipinski definition) is 6. The second-order valence-corrected chi connectivity index (χ2v) is 10.6. The minimum absolute atomic E-state index is 0.105. The maximum atomic E-state index is 12.3. The molecular weight excluding hydrogens is 452 g/mol. The van der Waals surface area contributed by atoms with Crippen LogP contribution in [0.5, 0.6) is 0 Å². The van der Waals surface area contributed by atoms with Crippen LogP contribution in [0.15, 0.2) is 58.3 Å². The van der Waals surface area contributed by atoms with Gasteiger partial charge in [0.15, 0.2) is 0 Å². The molecule has 0 saturated heterocycles. The number of benzene rings is 2. The minimum atomic E-state index is -3.63. The Morgan fingerprint density at radius 2 is 0.938 bits per heavy atom. The molecule has 12 heteroatoms. The van der Waals surface area contributed by atoms with Gasteiger partial charge in [-0.15, -0.1) is 0 Å². The molecule has 2 aromatic rings. The van der Waals surface area contributed by atoms with Gasteiger partial charge in [-0.3, -0.25) is 10.8 Å². The second kappa shape index (κ2) is 11.2. The molecule has 0 saturated carbocycles. The average Bonchev–Trinajstić information content (AvgIpc) is 2.75. The summed E-state index contributed by atoms with van der Waals surface area (Å²) in [7, 11) is -7.27. The maximum absolute atomic E-state index is 12.3. The molecule has 0 spiro atoms. The number of rotatable bonds is 13. The highest BCUT2D eigenvalue weighted by atomic mass is 32.2. The monoisotopic (exact) mass is 480 g/mol. The first kappa shape index (κ1) is 25.5. The normalized spacial score (nSPS) is 11.9. The molecule has 0 aliphatic heterocycles. The van der Waals surface area contributed by atoms with E-state index in [4.69, 9.17) is 22.3 Å². The number of unbranched alkanes of at least 4 members (excludes halogenated alkanes) is 3. The van der Waals surface area contributed by atoms with Crippen LogP contribution in [0.4, 0.5) is 0 Å². The number of hydrogen-bond acceptors (Lipinski definition) is 6. The van der Waals surface area contributed by atoms with Gasteiger partial charge in [-0.25, -0.2) is 26.3 Å². The van der Waals surface area contributed by atoms with Gasteiger partial charge in [0.05, 0.1) is 9.79 Å². The van der Waals surface area contributed by atoms with E-state index in [-0.39, 0.29) is 34.6 Å². The highest BCUT2D eigenvalue weighted by molar-refractivity contribution is 7.89. The fraction of sp³-hybridized carbons (Fsp3) is 0.300. The van der Waals surface area contributed by atoms with E-state index in [1.807, 2.05) is 0 Å². The molecule has 10 nitrogen and oxygen atoms in total. The molecule has 2 aromatic carbocycles. The third-order valence-electron chi connectivity index (χ3n) is 4.64. The van der Waals surface area contributed by atoms with E-state index in [2.05, 4.69) is 9.44 Å². The predicted octanol–water partition coefficient (Wildman–Crippen LogP) is 1.07. The van der Waals surface area contributed by atoms with E-state index < -0.39 is 20.0 Å². The molecule has 2 rings (SSSR count). The van der Waals surface area contributed by atoms with Crippen molar-refractivity contribution in [3.8, 4) is 0 Å². The molecule has 0 atom stereocenters. The molecule has 32 heavy (non-hydrogen) atoms. The van der Waals surface area contributed by atoms with Crippen LogP contribution in [0.1, 0.15) is 36.8 Å². The van der Waals surface area contributed by atoms with Crippen molar-refractivity contribution in [2.45, 2.75) is 35.5 Å². The van der Waals surface area contributed by atoms with Crippen molar-refractivity contribution in [2.24, 2.45) is 11.5 Å². The Kier molecular flexibility index (Phi) is 8.89. The van der Waals surface area contributed by atoms with E-state index in [0.29, 0.717) is 24.0 Å². The van der Waals surface area contributed by atoms with Crippen molar-refractivity contribution in [2.75, 3.05) is 13.1 Å². The lowest BCUT2D eigenvalue weighted by molar-refractivity contribution is 0.562. The summed E-state index contributed by atoms with van der Waals surface area (Å²) in [5.74, 6) is -0.259. The Balaban J connectivity index is 1.67. The third kappa shape index (κ3) is 7.41. The highest BCUT2D eigenvalue weighted by Crippen LogP contribution is 2.12. The second-order valence-electron chi connectivity index (χ2n) is 7.09. The van der Waals surface area contributed by atoms with Crippen molar-refractivity contribution in [1.29, 1.82) is 10.8 Å². The molecule has 0 unspecified atom stereocenters. The van der Waals surface area contributed by atoms with Gasteiger partial charge in [0, 0.05) is 24.2 Å². The third-order valence-corrected chi connectivity index (χ3v) is 7.59. The van der Waals surface area contributed by atoms with Crippen molar-refractivity contribution in [3.63, 3.8) is 0 Å². The van der Waals surface area contributed by atoms with Gasteiger partial charge in [0.25, 0.3) is 0 Å². The van der Waals surface area contributed by atoms with Crippen LogP contribution < -0.4 is 20.9 Å². The van der Waals surface area contributed by atoms with Crippen LogP contribution in [-0.2, 0) is 20.0 Å². The lowest BCUT2D eigenvalue weighted by Gasteiger charge is -2.09. The predicted molar refractivity (Wildman–Crippen MR) is 124 cm³/mol. The molecule has 0 amide bonds. The smallest absolute Gasteiger partial charge is 0.240 e. The zero-order valence-electron chi connectivity index (χ0n) is 17.5. The van der Waals surface area contributed by atoms with Crippen LogP contribution in [0.2, 0.25) is 0 Å². The van der Waals surface area contributed by atoms with Gasteiger partial charge in [-0.05, 0) is 61.4 Å². The summed E-state index contributed by atoms with van der Waals surface area (Å²) in [6, 6.07) is 11.5. The Morgan fingerprint density at radius 3 is 1.22 bits per heavy atom. The van der Waals surface area contributed by atoms with Crippen molar-refractivity contribution in [1.82, 2.24) is 9.44 Å². The first-order chi connectivity index (χ1) is 15.0. The first-order valence-electron chi connectivity index (χ1n) is 9.91. The Hall–Kier alpha value is -2.80. The quantitative estimate of drug-likeness (QED) is 0.141. The first-order valence-corrected chi connectivity index (χ1v) is 12.9. The largest absolute Gasteiger partial charge is 0.384 e. The number of nitrogen functional groups attached to an aromatic ring is 2. The lowest BCUT2D eigenvalue weighted by Crippen LogP contribution is -2.25. The molecule has 8 N–H and O–H groups in total. The van der Waals surface area contributed by atoms with Crippen molar-refractivity contribution < 1.29 is 16.8 Å². The minimum Gasteiger partial charge on any atom is -0.384 e. The highest BCUT2D eigenvalue weighted by Gasteiger charge is 2.14. The van der Waals surface area contributed by atoms with Crippen LogP contribution in [0.25, 0.3) is 0 Å². The summed E-state index contributed by atoms with van der Waals surface area (Å²) in [4.78, 5) is 0.210. The summed E-state index contributed by atoms with van der Waals surface area (Å²) >= 11 is 0. The summed E-state index contributed by atoms with van der Waals surface area (Å²) < 4.78 is 54.1. The molecule has 0 aliphatic carbocycles. The zero-order chi connectivity index (χ0) is 23.8. The topological polar surface area (TPSA) is 192 Å². The van der Waals surface area contributed by atoms with Crippen LogP contribution in [-0.4, -0.2) is 41.6 Å². The lowest BCUT2D eigenvalue weighted by atomic mass is 10.2. The zero-order valence-corrected chi connectivity index (χ0v) is 19.1. The fourth-order valence-electron chi connectivity index (χ4n) is 2.81. The van der Waals surface area contributed by atoms with Gasteiger partial charge in [-0.2, -0.15) is 0 Å². The fourth-order valence-corrected chi connectivity index (χ4v) is 4.96. The number of nitrogens with one attached hydrogen (secondary N) is 4. The number of amidine groups is 2. The van der Waals surface area contributed by atoms with E-state index in [1.54, 1.807) is 0 Å². The van der Waals surface area contributed by atoms with E-state index in [9.17, 15) is 16.8 Å².